The van der Waals surface area contributed by atoms with Gasteiger partial charge in [0.15, 0.2) is 23.8 Å². The van der Waals surface area contributed by atoms with E-state index in [4.69, 9.17) is 30.5 Å². The van der Waals surface area contributed by atoms with Crippen molar-refractivity contribution in [3.05, 3.63) is 66.8 Å². The first kappa shape index (κ1) is 24.2. The third-order valence-electron chi connectivity index (χ3n) is 4.21. The van der Waals surface area contributed by atoms with Gasteiger partial charge in [-0.2, -0.15) is 0 Å². The summed E-state index contributed by atoms with van der Waals surface area (Å²) in [6.45, 7) is 1.60. The van der Waals surface area contributed by atoms with E-state index in [1.807, 2.05) is 0 Å². The first-order chi connectivity index (χ1) is 15.7. The van der Waals surface area contributed by atoms with E-state index in [0.29, 0.717) is 10.0 Å². The second-order valence-corrected chi connectivity index (χ2v) is 7.65. The fourth-order valence-corrected chi connectivity index (χ4v) is 3.54. The largest absolute Gasteiger partial charge is 0.493 e. The number of non-ortho nitro benzene ring substituents is 1. The summed E-state index contributed by atoms with van der Waals surface area (Å²) in [5.74, 6) is -0.884. The number of carbonyl (C=O) groups excluding carboxylic acids is 2. The Kier molecular flexibility index (Phi) is 7.67. The van der Waals surface area contributed by atoms with Crippen molar-refractivity contribution in [2.24, 2.45) is 4.99 Å². The maximum atomic E-state index is 12.3. The molecule has 2 aromatic rings. The van der Waals surface area contributed by atoms with E-state index in [9.17, 15) is 19.7 Å². The molecule has 0 spiro atoms. The van der Waals surface area contributed by atoms with Crippen molar-refractivity contribution in [3.63, 3.8) is 0 Å². The molecule has 1 heterocycles. The lowest BCUT2D eigenvalue weighted by Gasteiger charge is -2.13. The minimum atomic E-state index is -0.759. The number of carbonyl (C=O) groups is 2. The second-order valence-electron chi connectivity index (χ2n) is 6.39. The van der Waals surface area contributed by atoms with Crippen molar-refractivity contribution in [2.45, 2.75) is 6.92 Å². The first-order valence-electron chi connectivity index (χ1n) is 9.36. The minimum absolute atomic E-state index is 0.0540. The van der Waals surface area contributed by atoms with Gasteiger partial charge in [0, 0.05) is 12.1 Å². The molecular weight excluding hydrogens is 524 g/mol. The zero-order valence-corrected chi connectivity index (χ0v) is 19.6. The van der Waals surface area contributed by atoms with Crippen LogP contribution in [0, 0.1) is 10.1 Å². The van der Waals surface area contributed by atoms with E-state index in [1.165, 1.54) is 31.4 Å². The van der Waals surface area contributed by atoms with E-state index in [-0.39, 0.29) is 52.6 Å². The smallest absolute Gasteiger partial charge is 0.363 e. The molecule has 1 aliphatic heterocycles. The molecule has 33 heavy (non-hydrogen) atoms. The van der Waals surface area contributed by atoms with Crippen molar-refractivity contribution in [2.75, 3.05) is 20.3 Å². The topological polar surface area (TPSA) is 127 Å². The number of methoxy groups -OCH3 is 1. The number of benzene rings is 2. The van der Waals surface area contributed by atoms with Gasteiger partial charge in [0.1, 0.15) is 0 Å². The number of ether oxygens (including phenoxy) is 4. The minimum Gasteiger partial charge on any atom is -0.493 e. The monoisotopic (exact) mass is 538 g/mol. The van der Waals surface area contributed by atoms with Crippen molar-refractivity contribution < 1.29 is 33.5 Å². The Hall–Kier alpha value is -3.44. The lowest BCUT2D eigenvalue weighted by atomic mass is 10.1. The van der Waals surface area contributed by atoms with Crippen molar-refractivity contribution >= 4 is 57.1 Å². The lowest BCUT2D eigenvalue weighted by molar-refractivity contribution is -0.384. The van der Waals surface area contributed by atoms with Gasteiger partial charge in [0.2, 0.25) is 5.90 Å². The van der Waals surface area contributed by atoms with Gasteiger partial charge >= 0.3 is 11.9 Å². The van der Waals surface area contributed by atoms with Crippen LogP contribution in [0.25, 0.3) is 6.08 Å². The number of esters is 2. The standard InChI is InChI=1S/C21H16BrClN2O8/c1-3-31-18(26)10-32-19-14(22)6-11(8-17(19)30-2)7-16-21(27)33-20(24-16)13-9-12(25(28)29)4-5-15(13)23/h4-9H,3,10H2,1-2H3/b16-7-. The summed E-state index contributed by atoms with van der Waals surface area (Å²) in [6.07, 6.45) is 1.43. The average molecular weight is 540 g/mol. The highest BCUT2D eigenvalue weighted by Gasteiger charge is 2.27. The van der Waals surface area contributed by atoms with E-state index in [1.54, 1.807) is 19.1 Å². The molecule has 0 atom stereocenters. The van der Waals surface area contributed by atoms with Crippen LogP contribution in [0.4, 0.5) is 5.69 Å². The fourth-order valence-electron chi connectivity index (χ4n) is 2.77. The van der Waals surface area contributed by atoms with Crippen molar-refractivity contribution in [1.29, 1.82) is 0 Å². The number of rotatable bonds is 8. The molecule has 0 radical (unpaired) electrons. The number of hydrogen-bond acceptors (Lipinski definition) is 9. The summed E-state index contributed by atoms with van der Waals surface area (Å²) in [5.41, 5.74) is 0.341. The molecule has 10 nitrogen and oxygen atoms in total. The van der Waals surface area contributed by atoms with Crippen LogP contribution < -0.4 is 9.47 Å². The predicted octanol–water partition coefficient (Wildman–Crippen LogP) is 4.31. The van der Waals surface area contributed by atoms with Crippen LogP contribution in [-0.4, -0.2) is 43.1 Å². The van der Waals surface area contributed by atoms with Gasteiger partial charge in [0.25, 0.3) is 5.69 Å². The Morgan fingerprint density at radius 3 is 2.76 bits per heavy atom. The van der Waals surface area contributed by atoms with E-state index in [0.717, 1.165) is 0 Å². The highest BCUT2D eigenvalue weighted by Crippen LogP contribution is 2.37. The lowest BCUT2D eigenvalue weighted by Crippen LogP contribution is -2.15. The highest BCUT2D eigenvalue weighted by atomic mass is 79.9. The van der Waals surface area contributed by atoms with Gasteiger partial charge in [-0.05, 0) is 52.7 Å². The first-order valence-corrected chi connectivity index (χ1v) is 10.5. The third kappa shape index (κ3) is 5.68. The molecule has 2 aromatic carbocycles. The molecule has 12 heteroatoms. The Morgan fingerprint density at radius 2 is 2.09 bits per heavy atom. The van der Waals surface area contributed by atoms with E-state index < -0.39 is 16.9 Å². The number of hydrogen-bond donors (Lipinski definition) is 0. The number of cyclic esters (lactones) is 1. The number of nitro benzene ring substituents is 1. The SMILES string of the molecule is CCOC(=O)COc1c(Br)cc(/C=C2\N=C(c3cc([N+](=O)[O-])ccc3Cl)OC2=O)cc1OC. The summed E-state index contributed by atoms with van der Waals surface area (Å²) < 4.78 is 21.3. The molecule has 0 N–H and O–H groups in total. The van der Waals surface area contributed by atoms with E-state index >= 15 is 0 Å². The molecule has 0 saturated carbocycles. The van der Waals surface area contributed by atoms with Crippen LogP contribution in [0.5, 0.6) is 11.5 Å². The molecule has 172 valence electrons. The van der Waals surface area contributed by atoms with Crippen molar-refractivity contribution in [1.82, 2.24) is 0 Å². The second kappa shape index (κ2) is 10.5. The predicted molar refractivity (Wildman–Crippen MR) is 122 cm³/mol. The van der Waals surface area contributed by atoms with Gasteiger partial charge < -0.3 is 18.9 Å². The number of halogens is 2. The molecule has 1 aliphatic rings. The summed E-state index contributed by atoms with van der Waals surface area (Å²) in [6, 6.07) is 6.92. The summed E-state index contributed by atoms with van der Waals surface area (Å²) in [7, 11) is 1.42. The summed E-state index contributed by atoms with van der Waals surface area (Å²) in [4.78, 5) is 38.5. The average Bonchev–Trinajstić information content (AvgIpc) is 3.12. The molecule has 0 fully saturated rings. The molecule has 0 amide bonds. The highest BCUT2D eigenvalue weighted by molar-refractivity contribution is 9.10. The molecule has 0 unspecified atom stereocenters. The number of aliphatic imine (C=N–C) groups is 1. The molecule has 0 saturated heterocycles. The van der Waals surface area contributed by atoms with Gasteiger partial charge in [-0.15, -0.1) is 0 Å². The zero-order valence-electron chi connectivity index (χ0n) is 17.3. The van der Waals surface area contributed by atoms with Gasteiger partial charge in [-0.3, -0.25) is 10.1 Å². The van der Waals surface area contributed by atoms with E-state index in [2.05, 4.69) is 20.9 Å². The number of nitrogens with zero attached hydrogens (tertiary/aromatic N) is 2. The Bertz CT molecular complexity index is 1200. The number of nitro groups is 1. The molecule has 0 aliphatic carbocycles. The van der Waals surface area contributed by atoms with Crippen LogP contribution >= 0.6 is 27.5 Å². The van der Waals surface area contributed by atoms with Crippen LogP contribution in [0.3, 0.4) is 0 Å². The molecule has 0 aromatic heterocycles. The molecule has 0 bridgehead atoms. The van der Waals surface area contributed by atoms with Crippen LogP contribution in [0.2, 0.25) is 5.02 Å². The maximum Gasteiger partial charge on any atom is 0.363 e. The Balaban J connectivity index is 1.91. The van der Waals surface area contributed by atoms with Crippen LogP contribution in [-0.2, 0) is 19.1 Å². The van der Waals surface area contributed by atoms with Crippen LogP contribution in [0.15, 0.2) is 45.5 Å². The van der Waals surface area contributed by atoms with Crippen LogP contribution in [0.1, 0.15) is 18.1 Å². The fraction of sp³-hybridized carbons (Fsp3) is 0.190. The zero-order chi connectivity index (χ0) is 24.1. The summed E-state index contributed by atoms with van der Waals surface area (Å²) in [5, 5.41) is 11.2. The third-order valence-corrected chi connectivity index (χ3v) is 5.13. The van der Waals surface area contributed by atoms with Gasteiger partial charge in [-0.25, -0.2) is 14.6 Å². The normalized spacial score (nSPS) is 14.0. The maximum absolute atomic E-state index is 12.3. The Labute approximate surface area is 201 Å². The van der Waals surface area contributed by atoms with Crippen molar-refractivity contribution in [3.8, 4) is 11.5 Å². The molecule has 3 rings (SSSR count). The van der Waals surface area contributed by atoms with Gasteiger partial charge in [0.05, 0.1) is 33.7 Å². The Morgan fingerprint density at radius 1 is 1.33 bits per heavy atom. The summed E-state index contributed by atoms with van der Waals surface area (Å²) >= 11 is 9.45. The quantitative estimate of drug-likeness (QED) is 0.210. The van der Waals surface area contributed by atoms with Gasteiger partial charge in [-0.1, -0.05) is 11.6 Å². The molecular formula is C21H16BrClN2O8.